The van der Waals surface area contributed by atoms with Gasteiger partial charge in [-0.05, 0) is 25.6 Å². The lowest BCUT2D eigenvalue weighted by molar-refractivity contribution is -0.130. The van der Waals surface area contributed by atoms with E-state index in [1.54, 1.807) is 6.92 Å². The molecule has 3 heterocycles. The minimum Gasteiger partial charge on any atom is -0.357 e. The zero-order chi connectivity index (χ0) is 19.9. The first kappa shape index (κ1) is 20.4. The summed E-state index contributed by atoms with van der Waals surface area (Å²) in [6, 6.07) is 4.23. The maximum Gasteiger partial charge on any atom is 0.219 e. The van der Waals surface area contributed by atoms with Gasteiger partial charge in [0.25, 0.3) is 0 Å². The summed E-state index contributed by atoms with van der Waals surface area (Å²) in [7, 11) is 2.16. The average Bonchev–Trinajstić information content (AvgIpc) is 2.72. The maximum absolute atomic E-state index is 11.5. The highest BCUT2D eigenvalue weighted by molar-refractivity contribution is 5.80. The van der Waals surface area contributed by atoms with Crippen molar-refractivity contribution in [2.24, 2.45) is 4.99 Å². The Labute approximate surface area is 168 Å². The van der Waals surface area contributed by atoms with Gasteiger partial charge in [-0.3, -0.25) is 4.79 Å². The molecule has 0 spiro atoms. The molecular formula is C20H33N7O. The molecule has 1 N–H and O–H groups in total. The minimum atomic E-state index is 0.146. The lowest BCUT2D eigenvalue weighted by Crippen LogP contribution is -2.53. The number of carbonyl (C=O) groups is 1. The fourth-order valence-corrected chi connectivity index (χ4v) is 3.56. The van der Waals surface area contributed by atoms with Crippen LogP contribution in [0.15, 0.2) is 23.3 Å². The number of aromatic nitrogens is 1. The third-order valence-electron chi connectivity index (χ3n) is 5.41. The van der Waals surface area contributed by atoms with E-state index in [1.807, 2.05) is 11.1 Å². The number of pyridine rings is 1. The Morgan fingerprint density at radius 2 is 1.75 bits per heavy atom. The quantitative estimate of drug-likeness (QED) is 0.598. The highest BCUT2D eigenvalue weighted by atomic mass is 16.2. The second-order valence-corrected chi connectivity index (χ2v) is 7.48. The Kier molecular flexibility index (Phi) is 7.08. The molecule has 2 aliphatic rings. The van der Waals surface area contributed by atoms with Gasteiger partial charge in [0.05, 0.1) is 6.54 Å². The molecule has 2 aliphatic heterocycles. The Balaban J connectivity index is 1.58. The summed E-state index contributed by atoms with van der Waals surface area (Å²) < 4.78 is 0. The second kappa shape index (κ2) is 9.73. The van der Waals surface area contributed by atoms with Crippen molar-refractivity contribution in [3.05, 3.63) is 23.9 Å². The first-order valence-corrected chi connectivity index (χ1v) is 10.2. The van der Waals surface area contributed by atoms with Crippen LogP contribution in [0.1, 0.15) is 19.4 Å². The number of nitrogens with zero attached hydrogens (tertiary/aromatic N) is 6. The van der Waals surface area contributed by atoms with Gasteiger partial charge in [-0.25, -0.2) is 9.98 Å². The topological polar surface area (TPSA) is 67.3 Å². The molecule has 1 aromatic heterocycles. The molecule has 0 unspecified atom stereocenters. The fourth-order valence-electron chi connectivity index (χ4n) is 3.56. The summed E-state index contributed by atoms with van der Waals surface area (Å²) in [5.74, 6) is 2.11. The molecule has 0 aliphatic carbocycles. The number of likely N-dealkylation sites (N-methyl/N-ethyl adjacent to an activating group) is 1. The Hall–Kier alpha value is -2.35. The van der Waals surface area contributed by atoms with Crippen molar-refractivity contribution in [1.82, 2.24) is 25.0 Å². The van der Waals surface area contributed by atoms with Gasteiger partial charge in [-0.15, -0.1) is 0 Å². The largest absolute Gasteiger partial charge is 0.357 e. The van der Waals surface area contributed by atoms with E-state index >= 15 is 0 Å². The van der Waals surface area contributed by atoms with Gasteiger partial charge >= 0.3 is 0 Å². The molecule has 1 aromatic rings. The number of rotatable bonds is 4. The van der Waals surface area contributed by atoms with Crippen LogP contribution < -0.4 is 10.2 Å². The van der Waals surface area contributed by atoms with E-state index in [4.69, 9.17) is 4.99 Å². The average molecular weight is 388 g/mol. The molecule has 8 nitrogen and oxygen atoms in total. The van der Waals surface area contributed by atoms with E-state index in [2.05, 4.69) is 51.1 Å². The van der Waals surface area contributed by atoms with Crippen LogP contribution in [0.3, 0.4) is 0 Å². The van der Waals surface area contributed by atoms with E-state index in [0.29, 0.717) is 6.54 Å². The van der Waals surface area contributed by atoms with Crippen LogP contribution in [0.25, 0.3) is 0 Å². The van der Waals surface area contributed by atoms with Gasteiger partial charge in [-0.2, -0.15) is 0 Å². The standard InChI is InChI=1S/C20H33N7O/c1-4-21-20(27-13-11-25(12-14-27)17(2)28)23-16-18-5-6-19(22-15-18)26-9-7-24(3)8-10-26/h5-6,15H,4,7-14,16H2,1-3H3,(H,21,23). The third-order valence-corrected chi connectivity index (χ3v) is 5.41. The van der Waals surface area contributed by atoms with Gasteiger partial charge in [0, 0.05) is 72.0 Å². The zero-order valence-corrected chi connectivity index (χ0v) is 17.4. The molecule has 0 atom stereocenters. The summed E-state index contributed by atoms with van der Waals surface area (Å²) in [4.78, 5) is 29.8. The molecule has 28 heavy (non-hydrogen) atoms. The first-order chi connectivity index (χ1) is 13.6. The zero-order valence-electron chi connectivity index (χ0n) is 17.4. The molecule has 2 saturated heterocycles. The smallest absolute Gasteiger partial charge is 0.219 e. The summed E-state index contributed by atoms with van der Waals surface area (Å²) >= 11 is 0. The van der Waals surface area contributed by atoms with Crippen molar-refractivity contribution in [3.63, 3.8) is 0 Å². The number of anilines is 1. The van der Waals surface area contributed by atoms with Crippen LogP contribution in [-0.2, 0) is 11.3 Å². The van der Waals surface area contributed by atoms with Crippen LogP contribution in [-0.4, -0.2) is 97.5 Å². The van der Waals surface area contributed by atoms with Crippen LogP contribution in [0.2, 0.25) is 0 Å². The van der Waals surface area contributed by atoms with E-state index in [1.165, 1.54) is 0 Å². The molecule has 0 saturated carbocycles. The predicted molar refractivity (Wildman–Crippen MR) is 113 cm³/mol. The lowest BCUT2D eigenvalue weighted by Gasteiger charge is -2.36. The molecule has 2 fully saturated rings. The van der Waals surface area contributed by atoms with Crippen LogP contribution in [0.5, 0.6) is 0 Å². The van der Waals surface area contributed by atoms with Gasteiger partial charge in [0.2, 0.25) is 5.91 Å². The molecular weight excluding hydrogens is 354 g/mol. The minimum absolute atomic E-state index is 0.146. The van der Waals surface area contributed by atoms with Crippen molar-refractivity contribution in [3.8, 4) is 0 Å². The number of aliphatic imine (C=N–C) groups is 1. The Morgan fingerprint density at radius 3 is 2.32 bits per heavy atom. The number of nitrogens with one attached hydrogen (secondary N) is 1. The SMILES string of the molecule is CCNC(=NCc1ccc(N2CCN(C)CC2)nc1)N1CCN(C(C)=O)CC1. The maximum atomic E-state index is 11.5. The number of hydrogen-bond donors (Lipinski definition) is 1. The molecule has 154 valence electrons. The van der Waals surface area contributed by atoms with Gasteiger partial charge in [-0.1, -0.05) is 6.07 Å². The van der Waals surface area contributed by atoms with E-state index in [9.17, 15) is 4.79 Å². The van der Waals surface area contributed by atoms with Crippen molar-refractivity contribution in [2.75, 3.05) is 70.9 Å². The van der Waals surface area contributed by atoms with Crippen molar-refractivity contribution < 1.29 is 4.79 Å². The van der Waals surface area contributed by atoms with E-state index in [-0.39, 0.29) is 5.91 Å². The van der Waals surface area contributed by atoms with E-state index < -0.39 is 0 Å². The van der Waals surface area contributed by atoms with Gasteiger partial charge in [0.15, 0.2) is 5.96 Å². The summed E-state index contributed by atoms with van der Waals surface area (Å²) in [6.45, 7) is 12.5. The molecule has 0 aromatic carbocycles. The van der Waals surface area contributed by atoms with Crippen molar-refractivity contribution >= 4 is 17.7 Å². The van der Waals surface area contributed by atoms with Crippen LogP contribution >= 0.6 is 0 Å². The summed E-state index contributed by atoms with van der Waals surface area (Å²) in [5, 5.41) is 3.37. The molecule has 8 heteroatoms. The lowest BCUT2D eigenvalue weighted by atomic mass is 10.2. The Bertz CT molecular complexity index is 660. The summed E-state index contributed by atoms with van der Waals surface area (Å²) in [6.07, 6.45) is 1.94. The predicted octanol–water partition coefficient (Wildman–Crippen LogP) is 0.463. The third kappa shape index (κ3) is 5.34. The van der Waals surface area contributed by atoms with Crippen LogP contribution in [0.4, 0.5) is 5.82 Å². The Morgan fingerprint density at radius 1 is 1.07 bits per heavy atom. The van der Waals surface area contributed by atoms with E-state index in [0.717, 1.165) is 76.2 Å². The molecule has 1 amide bonds. The van der Waals surface area contributed by atoms with Crippen molar-refractivity contribution in [2.45, 2.75) is 20.4 Å². The second-order valence-electron chi connectivity index (χ2n) is 7.48. The van der Waals surface area contributed by atoms with Gasteiger partial charge < -0.3 is 24.9 Å². The molecule has 3 rings (SSSR count). The van der Waals surface area contributed by atoms with Crippen molar-refractivity contribution in [1.29, 1.82) is 0 Å². The highest BCUT2D eigenvalue weighted by Gasteiger charge is 2.21. The number of amides is 1. The number of guanidine groups is 1. The first-order valence-electron chi connectivity index (χ1n) is 10.2. The number of hydrogen-bond acceptors (Lipinski definition) is 5. The summed E-state index contributed by atoms with van der Waals surface area (Å²) in [5.41, 5.74) is 1.11. The fraction of sp³-hybridized carbons (Fsp3) is 0.650. The van der Waals surface area contributed by atoms with Crippen LogP contribution in [0, 0.1) is 0 Å². The number of carbonyl (C=O) groups excluding carboxylic acids is 1. The monoisotopic (exact) mass is 387 g/mol. The highest BCUT2D eigenvalue weighted by Crippen LogP contribution is 2.14. The molecule has 0 bridgehead atoms. The normalized spacial score (nSPS) is 19.1. The number of piperazine rings is 2. The van der Waals surface area contributed by atoms with Gasteiger partial charge in [0.1, 0.15) is 5.82 Å². The molecule has 0 radical (unpaired) electrons.